The lowest BCUT2D eigenvalue weighted by Crippen LogP contribution is -2.29. The molecule has 3 nitrogen and oxygen atoms in total. The zero-order chi connectivity index (χ0) is 12.8. The molecule has 0 fully saturated rings. The highest BCUT2D eigenvalue weighted by molar-refractivity contribution is 5.94. The highest BCUT2D eigenvalue weighted by Crippen LogP contribution is 2.06. The van der Waals surface area contributed by atoms with Crippen molar-refractivity contribution in [1.82, 2.24) is 5.43 Å². The summed E-state index contributed by atoms with van der Waals surface area (Å²) in [5.74, 6) is -0.137. The Balaban J connectivity index is 1.95. The number of carbonyl (C=O) groups excluding carboxylic acids is 1. The van der Waals surface area contributed by atoms with Gasteiger partial charge in [-0.05, 0) is 36.2 Å². The fourth-order valence-electron chi connectivity index (χ4n) is 1.61. The van der Waals surface area contributed by atoms with E-state index in [2.05, 4.69) is 17.8 Å². The SMILES string of the molecule is CCc1ccc(C(=O)NNc2ccccc2)cc1. The molecule has 3 heteroatoms. The number of aryl methyl sites for hydroxylation is 1. The van der Waals surface area contributed by atoms with Crippen molar-refractivity contribution >= 4 is 11.6 Å². The van der Waals surface area contributed by atoms with Crippen LogP contribution in [-0.4, -0.2) is 5.91 Å². The summed E-state index contributed by atoms with van der Waals surface area (Å²) >= 11 is 0. The molecule has 18 heavy (non-hydrogen) atoms. The third-order valence-electron chi connectivity index (χ3n) is 2.72. The minimum Gasteiger partial charge on any atom is -0.298 e. The number of benzene rings is 2. The summed E-state index contributed by atoms with van der Waals surface area (Å²) in [4.78, 5) is 11.8. The van der Waals surface area contributed by atoms with Gasteiger partial charge in [0.25, 0.3) is 5.91 Å². The van der Waals surface area contributed by atoms with Crippen molar-refractivity contribution in [3.05, 3.63) is 65.7 Å². The van der Waals surface area contributed by atoms with E-state index < -0.39 is 0 Å². The lowest BCUT2D eigenvalue weighted by atomic mass is 10.1. The van der Waals surface area contributed by atoms with Crippen LogP contribution in [0.25, 0.3) is 0 Å². The Kier molecular flexibility index (Phi) is 3.97. The van der Waals surface area contributed by atoms with Crippen LogP contribution in [0.1, 0.15) is 22.8 Å². The number of hydrogen-bond acceptors (Lipinski definition) is 2. The predicted molar refractivity (Wildman–Crippen MR) is 73.4 cm³/mol. The van der Waals surface area contributed by atoms with Gasteiger partial charge in [0.2, 0.25) is 0 Å². The zero-order valence-corrected chi connectivity index (χ0v) is 10.3. The molecule has 0 spiro atoms. The van der Waals surface area contributed by atoms with E-state index in [4.69, 9.17) is 0 Å². The highest BCUT2D eigenvalue weighted by Gasteiger charge is 2.03. The number of para-hydroxylation sites is 1. The van der Waals surface area contributed by atoms with Crippen LogP contribution in [0.15, 0.2) is 54.6 Å². The smallest absolute Gasteiger partial charge is 0.269 e. The summed E-state index contributed by atoms with van der Waals surface area (Å²) in [6, 6.07) is 17.1. The number of rotatable bonds is 4. The fraction of sp³-hybridized carbons (Fsp3) is 0.133. The van der Waals surface area contributed by atoms with E-state index in [1.807, 2.05) is 54.6 Å². The van der Waals surface area contributed by atoms with Crippen molar-refractivity contribution in [1.29, 1.82) is 0 Å². The number of amides is 1. The van der Waals surface area contributed by atoms with Gasteiger partial charge in [-0.2, -0.15) is 0 Å². The molecular weight excluding hydrogens is 224 g/mol. The summed E-state index contributed by atoms with van der Waals surface area (Å²) in [5.41, 5.74) is 8.27. The summed E-state index contributed by atoms with van der Waals surface area (Å²) in [5, 5.41) is 0. The molecule has 2 aromatic rings. The van der Waals surface area contributed by atoms with Gasteiger partial charge in [-0.15, -0.1) is 0 Å². The highest BCUT2D eigenvalue weighted by atomic mass is 16.2. The molecule has 0 radical (unpaired) electrons. The summed E-state index contributed by atoms with van der Waals surface area (Å²) in [6.45, 7) is 2.09. The van der Waals surface area contributed by atoms with E-state index in [1.165, 1.54) is 5.56 Å². The molecule has 2 rings (SSSR count). The first-order chi connectivity index (χ1) is 8.79. The van der Waals surface area contributed by atoms with Crippen LogP contribution in [0, 0.1) is 0 Å². The van der Waals surface area contributed by atoms with E-state index in [1.54, 1.807) is 0 Å². The second-order valence-corrected chi connectivity index (χ2v) is 4.00. The normalized spacial score (nSPS) is 9.83. The quantitative estimate of drug-likeness (QED) is 0.807. The van der Waals surface area contributed by atoms with Gasteiger partial charge in [0, 0.05) is 5.56 Å². The lowest BCUT2D eigenvalue weighted by Gasteiger charge is -2.08. The topological polar surface area (TPSA) is 41.1 Å². The first-order valence-corrected chi connectivity index (χ1v) is 6.00. The van der Waals surface area contributed by atoms with Crippen molar-refractivity contribution in [2.75, 3.05) is 5.43 Å². The van der Waals surface area contributed by atoms with E-state index in [0.717, 1.165) is 12.1 Å². The van der Waals surface area contributed by atoms with Gasteiger partial charge >= 0.3 is 0 Å². The Morgan fingerprint density at radius 3 is 2.28 bits per heavy atom. The van der Waals surface area contributed by atoms with Crippen LogP contribution in [0.5, 0.6) is 0 Å². The first-order valence-electron chi connectivity index (χ1n) is 6.00. The summed E-state index contributed by atoms with van der Waals surface area (Å²) < 4.78 is 0. The van der Waals surface area contributed by atoms with Crippen molar-refractivity contribution < 1.29 is 4.79 Å². The Hall–Kier alpha value is -2.29. The molecule has 0 aliphatic rings. The van der Waals surface area contributed by atoms with Crippen molar-refractivity contribution in [3.8, 4) is 0 Å². The molecule has 0 aromatic heterocycles. The summed E-state index contributed by atoms with van der Waals surface area (Å²) in [6.07, 6.45) is 0.976. The van der Waals surface area contributed by atoms with Crippen molar-refractivity contribution in [2.45, 2.75) is 13.3 Å². The Bertz CT molecular complexity index is 506. The maximum absolute atomic E-state index is 11.8. The first kappa shape index (κ1) is 12.2. The number of hydrazine groups is 1. The van der Waals surface area contributed by atoms with E-state index in [0.29, 0.717) is 5.56 Å². The summed E-state index contributed by atoms with van der Waals surface area (Å²) in [7, 11) is 0. The molecule has 0 unspecified atom stereocenters. The number of hydrogen-bond donors (Lipinski definition) is 2. The molecule has 2 N–H and O–H groups in total. The molecular formula is C15H16N2O. The van der Waals surface area contributed by atoms with Gasteiger partial charge in [0.05, 0.1) is 5.69 Å². The molecule has 1 amide bonds. The number of nitrogens with one attached hydrogen (secondary N) is 2. The van der Waals surface area contributed by atoms with Crippen LogP contribution in [-0.2, 0) is 6.42 Å². The average molecular weight is 240 g/mol. The van der Waals surface area contributed by atoms with Crippen LogP contribution in [0.4, 0.5) is 5.69 Å². The van der Waals surface area contributed by atoms with Gasteiger partial charge in [-0.1, -0.05) is 37.3 Å². The molecule has 0 aliphatic carbocycles. The monoisotopic (exact) mass is 240 g/mol. The van der Waals surface area contributed by atoms with Gasteiger partial charge in [-0.25, -0.2) is 0 Å². The zero-order valence-electron chi connectivity index (χ0n) is 10.3. The minimum atomic E-state index is -0.137. The van der Waals surface area contributed by atoms with Crippen LogP contribution < -0.4 is 10.9 Å². The van der Waals surface area contributed by atoms with Gasteiger partial charge in [0.15, 0.2) is 0 Å². The molecule has 0 bridgehead atoms. The van der Waals surface area contributed by atoms with Crippen LogP contribution in [0.3, 0.4) is 0 Å². The molecule has 0 saturated carbocycles. The number of carbonyl (C=O) groups is 1. The lowest BCUT2D eigenvalue weighted by molar-refractivity contribution is 0.0962. The second-order valence-electron chi connectivity index (χ2n) is 4.00. The molecule has 0 heterocycles. The van der Waals surface area contributed by atoms with Crippen LogP contribution >= 0.6 is 0 Å². The van der Waals surface area contributed by atoms with E-state index >= 15 is 0 Å². The van der Waals surface area contributed by atoms with Gasteiger partial charge in [0.1, 0.15) is 0 Å². The van der Waals surface area contributed by atoms with Gasteiger partial charge in [-0.3, -0.25) is 15.6 Å². The van der Waals surface area contributed by atoms with Gasteiger partial charge < -0.3 is 0 Å². The average Bonchev–Trinajstić information content (AvgIpc) is 2.46. The maximum Gasteiger partial charge on any atom is 0.269 e. The third kappa shape index (κ3) is 3.10. The van der Waals surface area contributed by atoms with E-state index in [9.17, 15) is 4.79 Å². The predicted octanol–water partition coefficient (Wildman–Crippen LogP) is 3.01. The Morgan fingerprint density at radius 2 is 1.67 bits per heavy atom. The Labute approximate surface area is 107 Å². The molecule has 0 aliphatic heterocycles. The molecule has 0 atom stereocenters. The van der Waals surface area contributed by atoms with Crippen molar-refractivity contribution in [3.63, 3.8) is 0 Å². The maximum atomic E-state index is 11.8. The van der Waals surface area contributed by atoms with Crippen LogP contribution in [0.2, 0.25) is 0 Å². The molecule has 92 valence electrons. The fourth-order valence-corrected chi connectivity index (χ4v) is 1.61. The molecule has 2 aromatic carbocycles. The second kappa shape index (κ2) is 5.87. The molecule has 0 saturated heterocycles. The minimum absolute atomic E-state index is 0.137. The van der Waals surface area contributed by atoms with Crippen molar-refractivity contribution in [2.24, 2.45) is 0 Å². The standard InChI is InChI=1S/C15H16N2O/c1-2-12-8-10-13(11-9-12)15(18)17-16-14-6-4-3-5-7-14/h3-11,16H,2H2,1H3,(H,17,18). The third-order valence-corrected chi connectivity index (χ3v) is 2.72. The largest absolute Gasteiger partial charge is 0.298 e. The number of anilines is 1. The van der Waals surface area contributed by atoms with E-state index in [-0.39, 0.29) is 5.91 Å². The Morgan fingerprint density at radius 1 is 1.00 bits per heavy atom.